The highest BCUT2D eigenvalue weighted by Gasteiger charge is 2.55. The van der Waals surface area contributed by atoms with Crippen molar-refractivity contribution in [1.29, 1.82) is 0 Å². The number of amides is 1. The van der Waals surface area contributed by atoms with Gasteiger partial charge in [0.2, 0.25) is 12.4 Å². The zero-order valence-corrected chi connectivity index (χ0v) is 39.7. The van der Waals surface area contributed by atoms with E-state index in [1.165, 1.54) is 36.3 Å². The van der Waals surface area contributed by atoms with Crippen molar-refractivity contribution in [1.82, 2.24) is 15.1 Å². The number of alkyl carbamates (subject to hydrolysis) is 1. The standard InChI is InChI=1S/C51H50Cl2F2N4O9S/c52-41-27-59(64)28-42(53)39(41)25-40(35-14-15-43(67-49(54)55)44(24-35)65-30-31-12-13-31)51(48(61)62)58(20-21-69-51)26-32-6-4-10-37(22-32)47(60)66-38-11-5-9-36(23-38)46(34-7-2-1-3-8-34)56-50(63)68-45-29-57-18-16-33(45)17-19-57/h1-11,14-15,22-24,27-28,31,33,40,45-46,49H,12-13,16-21,25-26,29-30H2,(H2-,56,61,62,63,64)/p+1/t40-,45-,46-,51-/m0/s1. The number of piperidine rings is 3. The quantitative estimate of drug-likeness (QED) is 0.0332. The maximum absolute atomic E-state index is 14.0. The molecule has 13 nitrogen and oxygen atoms in total. The van der Waals surface area contributed by atoms with E-state index in [1.54, 1.807) is 48.5 Å². The highest BCUT2D eigenvalue weighted by Crippen LogP contribution is 2.51. The summed E-state index contributed by atoms with van der Waals surface area (Å²) >= 11 is 14.5. The third-order valence-electron chi connectivity index (χ3n) is 13.4. The predicted molar refractivity (Wildman–Crippen MR) is 254 cm³/mol. The van der Waals surface area contributed by atoms with E-state index in [0.717, 1.165) is 50.9 Å². The molecule has 4 atom stereocenters. The van der Waals surface area contributed by atoms with Gasteiger partial charge < -0.3 is 29.4 Å². The Morgan fingerprint density at radius 3 is 2.29 bits per heavy atom. The lowest BCUT2D eigenvalue weighted by atomic mass is 9.84. The number of carboxylic acid groups (broad SMARTS) is 1. The fourth-order valence-electron chi connectivity index (χ4n) is 9.67. The van der Waals surface area contributed by atoms with Crippen LogP contribution in [0.15, 0.2) is 109 Å². The van der Waals surface area contributed by atoms with Crippen LogP contribution in [-0.4, -0.2) is 94.3 Å². The number of alkyl halides is 2. The molecular weight excluding hydrogens is 954 g/mol. The number of aromatic nitrogens is 1. The fraction of sp³-hybridized carbons (Fsp3) is 0.373. The molecule has 5 fully saturated rings. The van der Waals surface area contributed by atoms with Gasteiger partial charge in [0.1, 0.15) is 21.9 Å². The number of benzene rings is 4. The average Bonchev–Trinajstić information content (AvgIpc) is 4.08. The van der Waals surface area contributed by atoms with Gasteiger partial charge in [0, 0.05) is 41.6 Å². The first kappa shape index (κ1) is 48.4. The van der Waals surface area contributed by atoms with Gasteiger partial charge in [0.05, 0.1) is 18.2 Å². The Morgan fingerprint density at radius 2 is 1.59 bits per heavy atom. The number of carboxylic acids is 1. The van der Waals surface area contributed by atoms with Gasteiger partial charge in [-0.15, -0.1) is 11.8 Å². The van der Waals surface area contributed by atoms with E-state index in [0.29, 0.717) is 45.2 Å². The molecule has 4 saturated heterocycles. The van der Waals surface area contributed by atoms with E-state index < -0.39 is 41.5 Å². The first-order valence-corrected chi connectivity index (χ1v) is 24.6. The lowest BCUT2D eigenvalue weighted by Crippen LogP contribution is -2.53. The average molecular weight is 1000 g/mol. The summed E-state index contributed by atoms with van der Waals surface area (Å²) in [6, 6.07) is 27.0. The summed E-state index contributed by atoms with van der Waals surface area (Å²) in [5.41, 5.74) is 3.11. The molecule has 10 rings (SSSR count). The van der Waals surface area contributed by atoms with Crippen LogP contribution >= 0.6 is 35.0 Å². The molecule has 69 heavy (non-hydrogen) atoms. The SMILES string of the molecule is O=C(N[C@@H](c1ccccc1)c1cccc(OC(=O)c2cccc(CN3CCS[C@]3(C(=O)O)[C@@H](Cc3c(Cl)c[n+](O)cc3Cl)c3ccc(OC(F)F)c(OCC4CC4)c3)c2)c1)O[C@H]1CN2CCC1CC2. The number of carbonyl (C=O) groups excluding carboxylic acids is 2. The Hall–Kier alpha value is -5.65. The third kappa shape index (κ3) is 11.2. The second kappa shape index (κ2) is 21.1. The molecule has 2 bridgehead atoms. The maximum Gasteiger partial charge on any atom is 0.408 e. The minimum absolute atomic E-state index is 0.0432. The molecule has 5 heterocycles. The number of hydrogen-bond donors (Lipinski definition) is 3. The lowest BCUT2D eigenvalue weighted by molar-refractivity contribution is -0.904. The van der Waals surface area contributed by atoms with Crippen LogP contribution in [0.4, 0.5) is 13.6 Å². The number of fused-ring (bicyclic) bond motifs is 3. The van der Waals surface area contributed by atoms with Gasteiger partial charge in [-0.05, 0) is 116 Å². The molecule has 18 heteroatoms. The Labute approximate surface area is 412 Å². The van der Waals surface area contributed by atoms with Crippen LogP contribution in [0.25, 0.3) is 0 Å². The summed E-state index contributed by atoms with van der Waals surface area (Å²) in [4.78, 5) is 43.7. The number of hydrogen-bond acceptors (Lipinski definition) is 11. The minimum Gasteiger partial charge on any atom is -0.489 e. The number of halogens is 4. The van der Waals surface area contributed by atoms with Crippen LogP contribution in [0.2, 0.25) is 10.0 Å². The number of pyridine rings is 1. The van der Waals surface area contributed by atoms with Gasteiger partial charge in [-0.1, -0.05) is 83.9 Å². The molecule has 0 unspecified atom stereocenters. The number of aliphatic carboxylic acids is 1. The van der Waals surface area contributed by atoms with Crippen molar-refractivity contribution in [3.63, 3.8) is 0 Å². The Balaban J connectivity index is 0.969. The number of ether oxygens (including phenoxy) is 4. The van der Waals surface area contributed by atoms with Crippen molar-refractivity contribution < 1.29 is 57.2 Å². The molecule has 0 spiro atoms. The summed E-state index contributed by atoms with van der Waals surface area (Å²) in [6.07, 6.45) is 5.62. The van der Waals surface area contributed by atoms with Crippen LogP contribution in [0.3, 0.4) is 0 Å². The molecular formula is C51H51Cl2F2N4O9S+. The van der Waals surface area contributed by atoms with Crippen molar-refractivity contribution in [2.75, 3.05) is 38.5 Å². The first-order chi connectivity index (χ1) is 33.3. The lowest BCUT2D eigenvalue weighted by Gasteiger charge is -2.43. The zero-order valence-electron chi connectivity index (χ0n) is 37.4. The summed E-state index contributed by atoms with van der Waals surface area (Å²) in [6.45, 7) is 0.312. The summed E-state index contributed by atoms with van der Waals surface area (Å²) < 4.78 is 50.7. The van der Waals surface area contributed by atoms with E-state index in [9.17, 15) is 33.5 Å². The van der Waals surface area contributed by atoms with E-state index in [1.807, 2.05) is 41.3 Å². The molecule has 3 N–H and O–H groups in total. The highest BCUT2D eigenvalue weighted by molar-refractivity contribution is 8.01. The second-order valence-corrected chi connectivity index (χ2v) is 20.0. The summed E-state index contributed by atoms with van der Waals surface area (Å²) in [5, 5.41) is 24.8. The number of nitrogens with zero attached hydrogens (tertiary/aromatic N) is 3. The van der Waals surface area contributed by atoms with Crippen molar-refractivity contribution in [2.45, 2.75) is 68.2 Å². The fourth-order valence-corrected chi connectivity index (χ4v) is 11.8. The third-order valence-corrected chi connectivity index (χ3v) is 15.5. The Kier molecular flexibility index (Phi) is 14.8. The smallest absolute Gasteiger partial charge is 0.408 e. The van der Waals surface area contributed by atoms with Crippen molar-refractivity contribution in [3.05, 3.63) is 153 Å². The highest BCUT2D eigenvalue weighted by atomic mass is 35.5. The van der Waals surface area contributed by atoms with E-state index in [-0.39, 0.29) is 64.5 Å². The number of esters is 1. The Bertz CT molecular complexity index is 2650. The van der Waals surface area contributed by atoms with E-state index in [4.69, 9.17) is 42.1 Å². The zero-order chi connectivity index (χ0) is 48.2. The molecule has 362 valence electrons. The van der Waals surface area contributed by atoms with E-state index in [2.05, 4.69) is 10.2 Å². The van der Waals surface area contributed by atoms with Crippen LogP contribution in [-0.2, 0) is 22.5 Å². The van der Waals surface area contributed by atoms with Gasteiger partial charge >= 0.3 is 24.6 Å². The molecule has 4 aliphatic heterocycles. The van der Waals surface area contributed by atoms with Gasteiger partial charge in [0.25, 0.3) is 0 Å². The van der Waals surface area contributed by atoms with Gasteiger partial charge in [-0.3, -0.25) is 15.0 Å². The number of carbonyl (C=O) groups is 3. The molecule has 1 amide bonds. The van der Waals surface area contributed by atoms with Crippen molar-refractivity contribution in [3.8, 4) is 17.2 Å². The summed E-state index contributed by atoms with van der Waals surface area (Å²) in [7, 11) is 0. The largest absolute Gasteiger partial charge is 0.489 e. The van der Waals surface area contributed by atoms with Gasteiger partial charge in [-0.25, -0.2) is 14.4 Å². The monoisotopic (exact) mass is 1000 g/mol. The molecule has 0 radical (unpaired) electrons. The van der Waals surface area contributed by atoms with Crippen LogP contribution in [0, 0.1) is 11.8 Å². The molecule has 1 saturated carbocycles. The van der Waals surface area contributed by atoms with Gasteiger partial charge in [0.15, 0.2) is 16.4 Å². The number of rotatable bonds is 18. The second-order valence-electron chi connectivity index (χ2n) is 17.9. The minimum atomic E-state index is -3.13. The van der Waals surface area contributed by atoms with Crippen LogP contribution in [0.1, 0.15) is 75.8 Å². The molecule has 5 aliphatic rings. The summed E-state index contributed by atoms with van der Waals surface area (Å²) in [5.74, 6) is -1.65. The first-order valence-electron chi connectivity index (χ1n) is 22.9. The predicted octanol–water partition coefficient (Wildman–Crippen LogP) is 9.39. The van der Waals surface area contributed by atoms with Crippen molar-refractivity contribution in [2.24, 2.45) is 11.8 Å². The maximum atomic E-state index is 14.0. The van der Waals surface area contributed by atoms with Crippen molar-refractivity contribution >= 4 is 53.0 Å². The molecule has 1 aliphatic carbocycles. The molecule has 5 aromatic rings. The van der Waals surface area contributed by atoms with Crippen LogP contribution in [0.5, 0.6) is 17.2 Å². The molecule has 4 aromatic carbocycles. The normalized spacial score (nSPS) is 21.9. The van der Waals surface area contributed by atoms with Gasteiger partial charge in [-0.2, -0.15) is 8.78 Å². The topological polar surface area (TPSA) is 151 Å². The number of thioether (sulfide) groups is 1. The van der Waals surface area contributed by atoms with E-state index >= 15 is 0 Å². The Morgan fingerprint density at radius 1 is 0.855 bits per heavy atom. The van der Waals surface area contributed by atoms with Crippen LogP contribution < -0.4 is 24.3 Å². The number of nitrogens with one attached hydrogen (secondary N) is 1. The molecule has 1 aromatic heterocycles.